The molecule has 4 nitrogen and oxygen atoms in total. The Morgan fingerprint density at radius 1 is 1.40 bits per heavy atom. The Bertz CT molecular complexity index is 199. The van der Waals surface area contributed by atoms with Crippen molar-refractivity contribution in [3.63, 3.8) is 0 Å². The average molecular weight is 216 g/mol. The average Bonchev–Trinajstić information content (AvgIpc) is 2.13. The molecule has 4 heteroatoms. The first-order valence-corrected chi connectivity index (χ1v) is 5.49. The quantitative estimate of drug-likeness (QED) is 0.632. The Balaban J connectivity index is 4.44. The Kier molecular flexibility index (Phi) is 5.83. The molecular weight excluding hydrogens is 192 g/mol. The van der Waals surface area contributed by atoms with E-state index in [1.807, 2.05) is 27.7 Å². The summed E-state index contributed by atoms with van der Waals surface area (Å²) in [5, 5.41) is 15.5. The van der Waals surface area contributed by atoms with Crippen LogP contribution >= 0.6 is 0 Å². The number of aliphatic hydroxyl groups excluding tert-OH is 1. The van der Waals surface area contributed by atoms with Crippen molar-refractivity contribution in [1.82, 2.24) is 10.6 Å². The van der Waals surface area contributed by atoms with Crippen LogP contribution in [0.4, 0.5) is 0 Å². The number of carbonyl (C=O) groups excluding carboxylic acids is 1. The van der Waals surface area contributed by atoms with Crippen molar-refractivity contribution in [2.45, 2.75) is 58.2 Å². The van der Waals surface area contributed by atoms with E-state index in [1.54, 1.807) is 0 Å². The number of hydrogen-bond donors (Lipinski definition) is 3. The maximum Gasteiger partial charge on any atom is 0.250 e. The smallest absolute Gasteiger partial charge is 0.250 e. The van der Waals surface area contributed by atoms with Crippen LogP contribution in [0.2, 0.25) is 0 Å². The van der Waals surface area contributed by atoms with Gasteiger partial charge in [0.25, 0.3) is 0 Å². The van der Waals surface area contributed by atoms with E-state index in [1.165, 1.54) is 7.05 Å². The molecule has 0 rings (SSSR count). The van der Waals surface area contributed by atoms with Crippen LogP contribution in [0.15, 0.2) is 0 Å². The van der Waals surface area contributed by atoms with Gasteiger partial charge in [0.05, 0.1) is 0 Å². The molecule has 0 spiro atoms. The van der Waals surface area contributed by atoms with Crippen LogP contribution in [0.1, 0.15) is 40.5 Å². The fourth-order valence-electron chi connectivity index (χ4n) is 1.51. The lowest BCUT2D eigenvalue weighted by Crippen LogP contribution is -2.53. The van der Waals surface area contributed by atoms with Crippen molar-refractivity contribution in [3.8, 4) is 0 Å². The van der Waals surface area contributed by atoms with Crippen molar-refractivity contribution in [3.05, 3.63) is 0 Å². The number of rotatable bonds is 5. The highest BCUT2D eigenvalue weighted by Gasteiger charge is 2.27. The second-order valence-corrected chi connectivity index (χ2v) is 4.85. The Hall–Kier alpha value is -0.610. The van der Waals surface area contributed by atoms with Gasteiger partial charge in [0.15, 0.2) is 0 Å². The van der Waals surface area contributed by atoms with Gasteiger partial charge in [-0.1, -0.05) is 13.3 Å². The third-order valence-corrected chi connectivity index (χ3v) is 2.11. The molecule has 0 radical (unpaired) electrons. The molecule has 15 heavy (non-hydrogen) atoms. The van der Waals surface area contributed by atoms with Gasteiger partial charge in [-0.05, 0) is 27.2 Å². The predicted molar refractivity (Wildman–Crippen MR) is 61.7 cm³/mol. The van der Waals surface area contributed by atoms with E-state index in [4.69, 9.17) is 0 Å². The molecule has 90 valence electrons. The number of hydrogen-bond acceptors (Lipinski definition) is 3. The third-order valence-electron chi connectivity index (χ3n) is 2.11. The molecule has 0 saturated carbocycles. The van der Waals surface area contributed by atoms with Crippen molar-refractivity contribution >= 4 is 5.91 Å². The number of nitrogens with one attached hydrogen (secondary N) is 2. The molecule has 0 aromatic heterocycles. The van der Waals surface area contributed by atoms with E-state index in [0.29, 0.717) is 0 Å². The van der Waals surface area contributed by atoms with Crippen molar-refractivity contribution in [2.75, 3.05) is 7.05 Å². The van der Waals surface area contributed by atoms with E-state index < -0.39 is 6.10 Å². The summed E-state index contributed by atoms with van der Waals surface area (Å²) in [7, 11) is 1.53. The van der Waals surface area contributed by atoms with E-state index in [0.717, 1.165) is 12.8 Å². The van der Waals surface area contributed by atoms with Gasteiger partial charge in [0.2, 0.25) is 5.91 Å². The zero-order chi connectivity index (χ0) is 12.1. The second-order valence-electron chi connectivity index (χ2n) is 4.85. The van der Waals surface area contributed by atoms with Gasteiger partial charge in [-0.25, -0.2) is 0 Å². The van der Waals surface area contributed by atoms with Gasteiger partial charge in [-0.3, -0.25) is 4.79 Å². The van der Waals surface area contributed by atoms with Crippen molar-refractivity contribution in [2.24, 2.45) is 0 Å². The summed E-state index contributed by atoms with van der Waals surface area (Å²) in [5.74, 6) is -0.329. The normalized spacial score (nSPS) is 15.9. The number of aliphatic hydroxyl groups is 1. The van der Waals surface area contributed by atoms with Gasteiger partial charge >= 0.3 is 0 Å². The van der Waals surface area contributed by atoms with Gasteiger partial charge in [-0.2, -0.15) is 0 Å². The maximum absolute atomic E-state index is 11.3. The van der Waals surface area contributed by atoms with Crippen LogP contribution in [0, 0.1) is 0 Å². The molecule has 0 heterocycles. The summed E-state index contributed by atoms with van der Waals surface area (Å²) < 4.78 is 0. The fraction of sp³-hybridized carbons (Fsp3) is 0.909. The Labute approximate surface area is 92.4 Å². The molecule has 0 fully saturated rings. The molecule has 0 saturated heterocycles. The molecule has 0 bridgehead atoms. The number of likely N-dealkylation sites (N-methyl/N-ethyl adjacent to an activating group) is 1. The minimum atomic E-state index is -0.978. The molecule has 2 unspecified atom stereocenters. The minimum absolute atomic E-state index is 0.102. The van der Waals surface area contributed by atoms with Crippen LogP contribution in [0.25, 0.3) is 0 Å². The third kappa shape index (κ3) is 5.74. The lowest BCUT2D eigenvalue weighted by molar-refractivity contribution is -0.130. The number of carbonyl (C=O) groups is 1. The highest BCUT2D eigenvalue weighted by Crippen LogP contribution is 2.09. The van der Waals surface area contributed by atoms with Crippen LogP contribution in [0.5, 0.6) is 0 Å². The standard InChI is InChI=1S/C11H24N2O2/c1-6-7-8(13-11(2,3)4)9(14)10(15)12-5/h8-9,13-14H,6-7H2,1-5H3,(H,12,15). The molecule has 1 amide bonds. The molecule has 0 aromatic carbocycles. The fourth-order valence-corrected chi connectivity index (χ4v) is 1.51. The molecule has 0 aliphatic rings. The van der Waals surface area contributed by atoms with Crippen LogP contribution in [-0.4, -0.2) is 35.7 Å². The van der Waals surface area contributed by atoms with Crippen LogP contribution in [-0.2, 0) is 4.79 Å². The number of amides is 1. The summed E-state index contributed by atoms with van der Waals surface area (Å²) >= 11 is 0. The molecular formula is C11H24N2O2. The summed E-state index contributed by atoms with van der Waals surface area (Å²) in [5.41, 5.74) is -0.102. The lowest BCUT2D eigenvalue weighted by atomic mass is 10.00. The molecule has 0 aromatic rings. The van der Waals surface area contributed by atoms with E-state index in [2.05, 4.69) is 10.6 Å². The zero-order valence-electron chi connectivity index (χ0n) is 10.4. The molecule has 3 N–H and O–H groups in total. The Morgan fingerprint density at radius 3 is 2.27 bits per heavy atom. The van der Waals surface area contributed by atoms with Crippen molar-refractivity contribution in [1.29, 1.82) is 0 Å². The van der Waals surface area contributed by atoms with E-state index >= 15 is 0 Å². The lowest BCUT2D eigenvalue weighted by Gasteiger charge is -2.30. The predicted octanol–water partition coefficient (Wildman–Crippen LogP) is 0.650. The minimum Gasteiger partial charge on any atom is -0.382 e. The first-order chi connectivity index (χ1) is 6.81. The van der Waals surface area contributed by atoms with Gasteiger partial charge < -0.3 is 15.7 Å². The highest BCUT2D eigenvalue weighted by molar-refractivity contribution is 5.80. The summed E-state index contributed by atoms with van der Waals surface area (Å²) in [6, 6.07) is -0.185. The van der Waals surface area contributed by atoms with Gasteiger partial charge in [0.1, 0.15) is 6.10 Å². The summed E-state index contributed by atoms with van der Waals surface area (Å²) in [6.07, 6.45) is 0.738. The first kappa shape index (κ1) is 14.4. The van der Waals surface area contributed by atoms with E-state index in [9.17, 15) is 9.90 Å². The first-order valence-electron chi connectivity index (χ1n) is 5.49. The summed E-state index contributed by atoms with van der Waals surface area (Å²) in [6.45, 7) is 8.10. The van der Waals surface area contributed by atoms with Gasteiger partial charge in [-0.15, -0.1) is 0 Å². The largest absolute Gasteiger partial charge is 0.382 e. The van der Waals surface area contributed by atoms with Gasteiger partial charge in [0, 0.05) is 18.6 Å². The van der Waals surface area contributed by atoms with Crippen LogP contribution in [0.3, 0.4) is 0 Å². The van der Waals surface area contributed by atoms with Crippen LogP contribution < -0.4 is 10.6 Å². The van der Waals surface area contributed by atoms with Crippen molar-refractivity contribution < 1.29 is 9.90 Å². The second kappa shape index (κ2) is 6.08. The monoisotopic (exact) mass is 216 g/mol. The molecule has 0 aliphatic carbocycles. The Morgan fingerprint density at radius 2 is 1.93 bits per heavy atom. The topological polar surface area (TPSA) is 61.4 Å². The SMILES string of the molecule is CCCC(NC(C)(C)C)C(O)C(=O)NC. The molecule has 2 atom stereocenters. The highest BCUT2D eigenvalue weighted by atomic mass is 16.3. The maximum atomic E-state index is 11.3. The van der Waals surface area contributed by atoms with E-state index in [-0.39, 0.29) is 17.5 Å². The molecule has 0 aliphatic heterocycles. The summed E-state index contributed by atoms with van der Waals surface area (Å²) in [4.78, 5) is 11.3. The zero-order valence-corrected chi connectivity index (χ0v) is 10.4.